The molecule has 0 saturated heterocycles. The molecule has 0 aliphatic heterocycles. The van der Waals surface area contributed by atoms with Gasteiger partial charge >= 0.3 is 0 Å². The lowest BCUT2D eigenvalue weighted by Gasteiger charge is -2.37. The first kappa shape index (κ1) is 15.0. The Morgan fingerprint density at radius 1 is 1.47 bits per heavy atom. The fourth-order valence-corrected chi connectivity index (χ4v) is 4.19. The van der Waals surface area contributed by atoms with Gasteiger partial charge in [0, 0.05) is 11.4 Å². The maximum atomic E-state index is 12.3. The van der Waals surface area contributed by atoms with Crippen molar-refractivity contribution < 1.29 is 4.79 Å². The van der Waals surface area contributed by atoms with Crippen molar-refractivity contribution in [1.29, 1.82) is 0 Å². The van der Waals surface area contributed by atoms with E-state index in [9.17, 15) is 4.79 Å². The normalized spacial score (nSPS) is 27.5. The zero-order valence-electron chi connectivity index (χ0n) is 11.8. The minimum Gasteiger partial charge on any atom is -0.349 e. The van der Waals surface area contributed by atoms with Crippen molar-refractivity contribution in [3.05, 3.63) is 20.8 Å². The van der Waals surface area contributed by atoms with Gasteiger partial charge in [-0.1, -0.05) is 27.2 Å². The third kappa shape index (κ3) is 3.82. The van der Waals surface area contributed by atoms with Crippen LogP contribution in [0.3, 0.4) is 0 Å². The third-order valence-corrected chi connectivity index (χ3v) is 5.67. The summed E-state index contributed by atoms with van der Waals surface area (Å²) in [6.45, 7) is 6.82. The lowest BCUT2D eigenvalue weighted by molar-refractivity contribution is 0.0868. The number of carbonyl (C=O) groups is 1. The van der Waals surface area contributed by atoms with Gasteiger partial charge in [-0.2, -0.15) is 0 Å². The number of thiophene rings is 1. The van der Waals surface area contributed by atoms with E-state index in [0.717, 1.165) is 21.7 Å². The molecule has 1 aromatic heterocycles. The van der Waals surface area contributed by atoms with Crippen molar-refractivity contribution in [2.24, 2.45) is 17.8 Å². The van der Waals surface area contributed by atoms with Crippen molar-refractivity contribution in [2.45, 2.75) is 46.1 Å². The van der Waals surface area contributed by atoms with E-state index in [2.05, 4.69) is 42.0 Å². The molecule has 4 heteroatoms. The number of rotatable bonds is 3. The van der Waals surface area contributed by atoms with E-state index in [4.69, 9.17) is 0 Å². The Balaban J connectivity index is 2.04. The molecule has 0 spiro atoms. The zero-order chi connectivity index (χ0) is 14.0. The van der Waals surface area contributed by atoms with Gasteiger partial charge in [-0.25, -0.2) is 0 Å². The second-order valence-corrected chi connectivity index (χ2v) is 8.34. The quantitative estimate of drug-likeness (QED) is 0.846. The van der Waals surface area contributed by atoms with Crippen LogP contribution in [0.5, 0.6) is 0 Å². The smallest absolute Gasteiger partial charge is 0.252 e. The predicted molar refractivity (Wildman–Crippen MR) is 84.6 cm³/mol. The van der Waals surface area contributed by atoms with Gasteiger partial charge in [0.25, 0.3) is 5.91 Å². The molecule has 2 nitrogen and oxygen atoms in total. The minimum absolute atomic E-state index is 0.0756. The van der Waals surface area contributed by atoms with Gasteiger partial charge in [0.2, 0.25) is 0 Å². The molecule has 1 saturated carbocycles. The molecule has 0 radical (unpaired) electrons. The van der Waals surface area contributed by atoms with E-state index >= 15 is 0 Å². The maximum absolute atomic E-state index is 12.3. The van der Waals surface area contributed by atoms with Crippen molar-refractivity contribution in [1.82, 2.24) is 5.32 Å². The Bertz CT molecular complexity index is 443. The van der Waals surface area contributed by atoms with E-state index in [1.807, 2.05) is 11.4 Å². The predicted octanol–water partition coefficient (Wildman–Crippen LogP) is 4.70. The molecular weight excluding hydrogens is 322 g/mol. The molecule has 3 unspecified atom stereocenters. The highest BCUT2D eigenvalue weighted by molar-refractivity contribution is 9.11. The summed E-state index contributed by atoms with van der Waals surface area (Å²) >= 11 is 4.97. The number of hydrogen-bond donors (Lipinski definition) is 1. The summed E-state index contributed by atoms with van der Waals surface area (Å²) in [5.74, 6) is 2.04. The highest BCUT2D eigenvalue weighted by Crippen LogP contribution is 2.33. The van der Waals surface area contributed by atoms with E-state index in [-0.39, 0.29) is 5.91 Å². The molecular formula is C15H22BrNOS. The molecule has 1 amide bonds. The summed E-state index contributed by atoms with van der Waals surface area (Å²) in [7, 11) is 0. The maximum Gasteiger partial charge on any atom is 0.252 e. The second kappa shape index (κ2) is 6.40. The largest absolute Gasteiger partial charge is 0.349 e. The molecule has 2 rings (SSSR count). The number of nitrogens with one attached hydrogen (secondary N) is 1. The van der Waals surface area contributed by atoms with Crippen molar-refractivity contribution in [3.63, 3.8) is 0 Å². The van der Waals surface area contributed by atoms with Crippen molar-refractivity contribution in [2.75, 3.05) is 0 Å². The number of halogens is 1. The Morgan fingerprint density at radius 3 is 2.79 bits per heavy atom. The molecule has 0 bridgehead atoms. The monoisotopic (exact) mass is 343 g/mol. The van der Waals surface area contributed by atoms with E-state index in [0.29, 0.717) is 17.9 Å². The standard InChI is InChI=1S/C15H22BrNOS/c1-9(2)12-5-4-10(3)6-13(12)17-15(18)11-7-14(16)19-8-11/h7-10,12-13H,4-6H2,1-3H3,(H,17,18). The molecule has 19 heavy (non-hydrogen) atoms. The molecule has 1 aliphatic carbocycles. The Labute approximate surface area is 128 Å². The summed E-state index contributed by atoms with van der Waals surface area (Å²) in [4.78, 5) is 12.3. The van der Waals surface area contributed by atoms with Crippen LogP contribution in [0, 0.1) is 17.8 Å². The van der Waals surface area contributed by atoms with Gasteiger partial charge in [0.05, 0.1) is 9.35 Å². The lowest BCUT2D eigenvalue weighted by atomic mass is 9.74. The molecule has 0 aromatic carbocycles. The van der Waals surface area contributed by atoms with Crippen LogP contribution in [0.15, 0.2) is 15.2 Å². The van der Waals surface area contributed by atoms with E-state index in [1.165, 1.54) is 12.8 Å². The zero-order valence-corrected chi connectivity index (χ0v) is 14.2. The van der Waals surface area contributed by atoms with Gasteiger partial charge in [0.1, 0.15) is 0 Å². The number of carbonyl (C=O) groups excluding carboxylic acids is 1. The van der Waals surface area contributed by atoms with E-state index in [1.54, 1.807) is 11.3 Å². The van der Waals surface area contributed by atoms with Crippen LogP contribution >= 0.6 is 27.3 Å². The SMILES string of the molecule is CC1CCC(C(C)C)C(NC(=O)c2csc(Br)c2)C1. The molecule has 106 valence electrons. The van der Waals surface area contributed by atoms with Crippen LogP contribution in [0.25, 0.3) is 0 Å². The number of amides is 1. The molecule has 1 aliphatic rings. The average molecular weight is 344 g/mol. The summed E-state index contributed by atoms with van der Waals surface area (Å²) < 4.78 is 1.01. The van der Waals surface area contributed by atoms with Crippen LogP contribution in [0.2, 0.25) is 0 Å². The molecule has 1 heterocycles. The van der Waals surface area contributed by atoms with Gasteiger partial charge in [-0.15, -0.1) is 11.3 Å². The van der Waals surface area contributed by atoms with Crippen LogP contribution < -0.4 is 5.32 Å². The summed E-state index contributed by atoms with van der Waals surface area (Å²) in [5.41, 5.74) is 0.776. The Kier molecular flexibility index (Phi) is 5.07. The highest BCUT2D eigenvalue weighted by atomic mass is 79.9. The summed E-state index contributed by atoms with van der Waals surface area (Å²) in [5, 5.41) is 5.17. The third-order valence-electron chi connectivity index (χ3n) is 4.17. The van der Waals surface area contributed by atoms with Gasteiger partial charge in [0.15, 0.2) is 0 Å². The summed E-state index contributed by atoms with van der Waals surface area (Å²) in [6.07, 6.45) is 3.64. The van der Waals surface area contributed by atoms with Crippen molar-refractivity contribution >= 4 is 33.2 Å². The van der Waals surface area contributed by atoms with Gasteiger partial charge < -0.3 is 5.32 Å². The molecule has 1 aromatic rings. The Hall–Kier alpha value is -0.350. The second-order valence-electron chi connectivity index (χ2n) is 6.05. The van der Waals surface area contributed by atoms with Crippen LogP contribution in [-0.2, 0) is 0 Å². The highest BCUT2D eigenvalue weighted by Gasteiger charge is 2.31. The average Bonchev–Trinajstić information content (AvgIpc) is 2.75. The first-order valence-corrected chi connectivity index (χ1v) is 8.69. The van der Waals surface area contributed by atoms with Crippen molar-refractivity contribution in [3.8, 4) is 0 Å². The van der Waals surface area contributed by atoms with Crippen LogP contribution in [0.4, 0.5) is 0 Å². The fraction of sp³-hybridized carbons (Fsp3) is 0.667. The minimum atomic E-state index is 0.0756. The summed E-state index contributed by atoms with van der Waals surface area (Å²) in [6, 6.07) is 2.23. The number of hydrogen-bond acceptors (Lipinski definition) is 2. The van der Waals surface area contributed by atoms with E-state index < -0.39 is 0 Å². The topological polar surface area (TPSA) is 29.1 Å². The first-order valence-electron chi connectivity index (χ1n) is 7.02. The Morgan fingerprint density at radius 2 is 2.21 bits per heavy atom. The first-order chi connectivity index (χ1) is 8.97. The van der Waals surface area contributed by atoms with Gasteiger partial charge in [-0.05, 0) is 52.6 Å². The molecule has 1 N–H and O–H groups in total. The lowest BCUT2D eigenvalue weighted by Crippen LogP contribution is -2.45. The fourth-order valence-electron chi connectivity index (χ4n) is 3.05. The van der Waals surface area contributed by atoms with Gasteiger partial charge in [-0.3, -0.25) is 4.79 Å². The van der Waals surface area contributed by atoms with Crippen LogP contribution in [-0.4, -0.2) is 11.9 Å². The van der Waals surface area contributed by atoms with Crippen LogP contribution in [0.1, 0.15) is 50.4 Å². The molecule has 3 atom stereocenters. The molecule has 1 fully saturated rings.